The van der Waals surface area contributed by atoms with Crippen molar-refractivity contribution in [2.45, 2.75) is 23.5 Å². The highest BCUT2D eigenvalue weighted by Gasteiger charge is 2.17. The van der Waals surface area contributed by atoms with Gasteiger partial charge in [-0.3, -0.25) is 15.5 Å². The summed E-state index contributed by atoms with van der Waals surface area (Å²) < 4.78 is 1.98. The van der Waals surface area contributed by atoms with Gasteiger partial charge in [0.15, 0.2) is 16.1 Å². The molecular weight excluding hydrogens is 410 g/mol. The first-order chi connectivity index (χ1) is 14.0. The largest absolute Gasteiger partial charge is 0.375 e. The molecular formula is C18H17N7O2S2. The maximum atomic E-state index is 11.1. The standard InChI is InChI=1S/C18H17N7O2S2/c1-2-24-16(12-6-4-3-5-7-12)21-23-18(24)29-15-9-8-14(25(26)27)10-13(15)11-20-22-17(19)28/h3-11H,2H2,1H3,(H3,19,22,28)/b20-11-. The summed E-state index contributed by atoms with van der Waals surface area (Å²) in [6, 6.07) is 14.3. The molecule has 0 unspecified atom stereocenters. The molecule has 3 aromatic rings. The van der Waals surface area contributed by atoms with E-state index < -0.39 is 4.92 Å². The van der Waals surface area contributed by atoms with Crippen molar-refractivity contribution in [3.63, 3.8) is 0 Å². The Hall–Kier alpha value is -3.31. The van der Waals surface area contributed by atoms with Crippen LogP contribution < -0.4 is 11.2 Å². The number of nitro groups is 1. The number of nitrogens with zero attached hydrogens (tertiary/aromatic N) is 5. The zero-order valence-electron chi connectivity index (χ0n) is 15.3. The maximum absolute atomic E-state index is 11.1. The summed E-state index contributed by atoms with van der Waals surface area (Å²) in [6.45, 7) is 2.67. The van der Waals surface area contributed by atoms with Crippen molar-refractivity contribution in [1.82, 2.24) is 20.2 Å². The van der Waals surface area contributed by atoms with Crippen LogP contribution >= 0.6 is 24.0 Å². The molecule has 11 heteroatoms. The molecule has 0 atom stereocenters. The minimum Gasteiger partial charge on any atom is -0.375 e. The smallest absolute Gasteiger partial charge is 0.270 e. The van der Waals surface area contributed by atoms with Crippen LogP contribution in [-0.2, 0) is 6.54 Å². The van der Waals surface area contributed by atoms with E-state index in [-0.39, 0.29) is 10.8 Å². The van der Waals surface area contributed by atoms with E-state index in [1.165, 1.54) is 30.1 Å². The van der Waals surface area contributed by atoms with Gasteiger partial charge in [-0.15, -0.1) is 10.2 Å². The molecule has 29 heavy (non-hydrogen) atoms. The minimum absolute atomic E-state index is 0.000821. The first-order valence-corrected chi connectivity index (χ1v) is 9.75. The minimum atomic E-state index is -0.463. The van der Waals surface area contributed by atoms with Crippen LogP contribution in [0.4, 0.5) is 5.69 Å². The molecule has 0 fully saturated rings. The van der Waals surface area contributed by atoms with Gasteiger partial charge in [-0.2, -0.15) is 5.10 Å². The third-order valence-electron chi connectivity index (χ3n) is 3.85. The van der Waals surface area contributed by atoms with E-state index in [2.05, 4.69) is 20.7 Å². The average molecular weight is 428 g/mol. The average Bonchev–Trinajstić information content (AvgIpc) is 3.12. The molecule has 0 aliphatic heterocycles. The molecule has 0 amide bonds. The Morgan fingerprint density at radius 2 is 2.10 bits per heavy atom. The fraction of sp³-hybridized carbons (Fsp3) is 0.111. The van der Waals surface area contributed by atoms with Crippen molar-refractivity contribution in [3.05, 3.63) is 64.2 Å². The number of nitrogens with two attached hydrogens (primary N) is 1. The lowest BCUT2D eigenvalue weighted by Crippen LogP contribution is -2.24. The topological polar surface area (TPSA) is 124 Å². The summed E-state index contributed by atoms with van der Waals surface area (Å²) in [5.41, 5.74) is 9.25. The van der Waals surface area contributed by atoms with E-state index in [1.54, 1.807) is 6.07 Å². The highest BCUT2D eigenvalue weighted by molar-refractivity contribution is 7.99. The van der Waals surface area contributed by atoms with Crippen LogP contribution in [-0.4, -0.2) is 31.0 Å². The van der Waals surface area contributed by atoms with Crippen LogP contribution in [0.2, 0.25) is 0 Å². The van der Waals surface area contributed by atoms with Crippen LogP contribution in [0.1, 0.15) is 12.5 Å². The lowest BCUT2D eigenvalue weighted by atomic mass is 10.2. The quantitative estimate of drug-likeness (QED) is 0.255. The monoisotopic (exact) mass is 427 g/mol. The predicted octanol–water partition coefficient (Wildman–Crippen LogP) is 3.19. The van der Waals surface area contributed by atoms with Crippen molar-refractivity contribution in [3.8, 4) is 11.4 Å². The zero-order valence-corrected chi connectivity index (χ0v) is 17.0. The molecule has 0 saturated carbocycles. The van der Waals surface area contributed by atoms with Crippen molar-refractivity contribution in [1.29, 1.82) is 0 Å². The molecule has 0 bridgehead atoms. The van der Waals surface area contributed by atoms with Gasteiger partial charge in [-0.05, 0) is 37.0 Å². The van der Waals surface area contributed by atoms with Crippen LogP contribution in [0.3, 0.4) is 0 Å². The summed E-state index contributed by atoms with van der Waals surface area (Å²) >= 11 is 6.06. The number of hydrogen-bond donors (Lipinski definition) is 2. The molecule has 0 spiro atoms. The number of thiocarbonyl (C=S) groups is 1. The second-order valence-corrected chi connectivity index (χ2v) is 7.18. The van der Waals surface area contributed by atoms with Crippen molar-refractivity contribution < 1.29 is 4.92 Å². The van der Waals surface area contributed by atoms with Crippen LogP contribution in [0.5, 0.6) is 0 Å². The Labute approximate surface area is 176 Å². The van der Waals surface area contributed by atoms with Gasteiger partial charge in [0.25, 0.3) is 5.69 Å². The van der Waals surface area contributed by atoms with Crippen molar-refractivity contribution in [2.24, 2.45) is 10.8 Å². The van der Waals surface area contributed by atoms with Crippen molar-refractivity contribution >= 4 is 41.0 Å². The highest BCUT2D eigenvalue weighted by Crippen LogP contribution is 2.33. The number of non-ortho nitro benzene ring substituents is 1. The second-order valence-electron chi connectivity index (χ2n) is 5.73. The van der Waals surface area contributed by atoms with E-state index >= 15 is 0 Å². The lowest BCUT2D eigenvalue weighted by Gasteiger charge is -2.09. The third kappa shape index (κ3) is 4.95. The fourth-order valence-corrected chi connectivity index (χ4v) is 3.58. The molecule has 0 aliphatic carbocycles. The Morgan fingerprint density at radius 3 is 2.76 bits per heavy atom. The Kier molecular flexibility index (Phi) is 6.52. The van der Waals surface area contributed by atoms with Gasteiger partial charge in [0.2, 0.25) is 0 Å². The van der Waals surface area contributed by atoms with Crippen molar-refractivity contribution in [2.75, 3.05) is 0 Å². The van der Waals surface area contributed by atoms with Crippen LogP contribution in [0.25, 0.3) is 11.4 Å². The van der Waals surface area contributed by atoms with Gasteiger partial charge in [0.05, 0.1) is 11.1 Å². The number of nitro benzene ring substituents is 1. The summed E-state index contributed by atoms with van der Waals surface area (Å²) in [7, 11) is 0. The Bertz CT molecular complexity index is 1070. The van der Waals surface area contributed by atoms with Gasteiger partial charge in [-0.25, -0.2) is 0 Å². The number of rotatable bonds is 7. The molecule has 0 aliphatic rings. The maximum Gasteiger partial charge on any atom is 0.270 e. The molecule has 9 nitrogen and oxygen atoms in total. The SMILES string of the molecule is CCn1c(Sc2ccc([N+](=O)[O-])cc2/C=N\NC(N)=S)nnc1-c1ccccc1. The van der Waals surface area contributed by atoms with Gasteiger partial charge in [-0.1, -0.05) is 30.3 Å². The molecule has 3 rings (SSSR count). The Balaban J connectivity index is 1.97. The predicted molar refractivity (Wildman–Crippen MR) is 116 cm³/mol. The molecule has 148 valence electrons. The molecule has 2 aromatic carbocycles. The molecule has 1 aromatic heterocycles. The highest BCUT2D eigenvalue weighted by atomic mass is 32.2. The van der Waals surface area contributed by atoms with Gasteiger partial charge in [0, 0.05) is 34.7 Å². The summed E-state index contributed by atoms with van der Waals surface area (Å²) in [6.07, 6.45) is 1.43. The first-order valence-electron chi connectivity index (χ1n) is 8.53. The summed E-state index contributed by atoms with van der Waals surface area (Å²) in [5.74, 6) is 0.753. The van der Waals surface area contributed by atoms with E-state index in [1.807, 2.05) is 41.8 Å². The normalized spacial score (nSPS) is 10.9. The number of nitrogens with one attached hydrogen (secondary N) is 1. The lowest BCUT2D eigenvalue weighted by molar-refractivity contribution is -0.384. The zero-order chi connectivity index (χ0) is 20.8. The molecule has 0 saturated heterocycles. The van der Waals surface area contributed by atoms with Gasteiger partial charge >= 0.3 is 0 Å². The van der Waals surface area contributed by atoms with Gasteiger partial charge < -0.3 is 10.3 Å². The summed E-state index contributed by atoms with van der Waals surface area (Å²) in [5, 5.41) is 24.3. The first kappa shape index (κ1) is 20.4. The van der Waals surface area contributed by atoms with E-state index in [9.17, 15) is 10.1 Å². The molecule has 0 radical (unpaired) electrons. The van der Waals surface area contributed by atoms with E-state index in [0.717, 1.165) is 16.3 Å². The van der Waals surface area contributed by atoms with Gasteiger partial charge in [0.1, 0.15) is 0 Å². The fourth-order valence-electron chi connectivity index (χ4n) is 2.56. The van der Waals surface area contributed by atoms with E-state index in [4.69, 9.17) is 18.0 Å². The summed E-state index contributed by atoms with van der Waals surface area (Å²) in [4.78, 5) is 11.4. The van der Waals surface area contributed by atoms with E-state index in [0.29, 0.717) is 17.3 Å². The second kappa shape index (κ2) is 9.26. The number of hydrogen-bond acceptors (Lipinski definition) is 7. The number of benzene rings is 2. The number of hydrazone groups is 1. The van der Waals surface area contributed by atoms with Crippen LogP contribution in [0, 0.1) is 10.1 Å². The molecule has 3 N–H and O–H groups in total. The Morgan fingerprint density at radius 1 is 1.34 bits per heavy atom. The van der Waals surface area contributed by atoms with Crippen LogP contribution in [0.15, 0.2) is 63.7 Å². The third-order valence-corrected chi connectivity index (χ3v) is 5.02. The number of aromatic nitrogens is 3. The molecule has 1 heterocycles.